The molecule has 0 aromatic carbocycles. The molecule has 0 saturated carbocycles. The lowest BCUT2D eigenvalue weighted by atomic mass is 9.99. The predicted octanol–water partition coefficient (Wildman–Crippen LogP) is 19.7. The summed E-state index contributed by atoms with van der Waals surface area (Å²) in [5.41, 5.74) is 0. The van der Waals surface area contributed by atoms with Gasteiger partial charge in [-0.05, 0) is 31.1 Å². The molecular weight excluding hydrogens is 817 g/mol. The Morgan fingerprint density at radius 1 is 0.318 bits per heavy atom. The van der Waals surface area contributed by atoms with Crippen molar-refractivity contribution in [2.75, 3.05) is 13.2 Å². The van der Waals surface area contributed by atoms with E-state index in [1.165, 1.54) is 225 Å². The summed E-state index contributed by atoms with van der Waals surface area (Å²) in [5.74, 6) is 0.879. The molecule has 66 heavy (non-hydrogen) atoms. The van der Waals surface area contributed by atoms with Crippen molar-refractivity contribution < 1.29 is 28.6 Å². The van der Waals surface area contributed by atoms with Gasteiger partial charge in [-0.1, -0.05) is 298 Å². The zero-order valence-electron chi connectivity index (χ0n) is 45.3. The van der Waals surface area contributed by atoms with E-state index in [1.54, 1.807) is 0 Å². The van der Waals surface area contributed by atoms with Gasteiger partial charge in [0.25, 0.3) is 0 Å². The lowest BCUT2D eigenvalue weighted by molar-refractivity contribution is -0.167. The molecule has 0 saturated heterocycles. The summed E-state index contributed by atoms with van der Waals surface area (Å²) in [6.07, 6.45) is 56.7. The number of unbranched alkanes of at least 4 members (excludes halogenated alkanes) is 38. The number of ether oxygens (including phenoxy) is 3. The first-order valence-corrected chi connectivity index (χ1v) is 29.8. The van der Waals surface area contributed by atoms with Gasteiger partial charge in [-0.25, -0.2) is 0 Å². The van der Waals surface area contributed by atoms with Crippen LogP contribution in [0.4, 0.5) is 0 Å². The van der Waals surface area contributed by atoms with Gasteiger partial charge >= 0.3 is 17.9 Å². The molecule has 0 fully saturated rings. The smallest absolute Gasteiger partial charge is 0.306 e. The average Bonchev–Trinajstić information content (AvgIpc) is 3.30. The van der Waals surface area contributed by atoms with Crippen molar-refractivity contribution in [1.82, 2.24) is 0 Å². The van der Waals surface area contributed by atoms with E-state index in [0.29, 0.717) is 19.3 Å². The Labute approximate surface area is 412 Å². The van der Waals surface area contributed by atoms with Gasteiger partial charge in [-0.3, -0.25) is 14.4 Å². The lowest BCUT2D eigenvalue weighted by Gasteiger charge is -2.18. The van der Waals surface area contributed by atoms with Crippen LogP contribution in [0.5, 0.6) is 0 Å². The van der Waals surface area contributed by atoms with Crippen molar-refractivity contribution in [2.24, 2.45) is 11.8 Å². The van der Waals surface area contributed by atoms with Gasteiger partial charge in [0.05, 0.1) is 0 Å². The first kappa shape index (κ1) is 64.4. The van der Waals surface area contributed by atoms with Crippen molar-refractivity contribution in [3.8, 4) is 0 Å². The van der Waals surface area contributed by atoms with Crippen LogP contribution in [0, 0.1) is 11.8 Å². The molecule has 0 radical (unpaired) electrons. The highest BCUT2D eigenvalue weighted by molar-refractivity contribution is 5.71. The van der Waals surface area contributed by atoms with E-state index >= 15 is 0 Å². The third kappa shape index (κ3) is 51.8. The summed E-state index contributed by atoms with van der Waals surface area (Å²) in [6.45, 7) is 11.4. The van der Waals surface area contributed by atoms with Gasteiger partial charge in [0.15, 0.2) is 6.10 Å². The van der Waals surface area contributed by atoms with Gasteiger partial charge in [-0.2, -0.15) is 0 Å². The molecule has 0 aromatic rings. The van der Waals surface area contributed by atoms with Gasteiger partial charge in [0, 0.05) is 19.3 Å². The van der Waals surface area contributed by atoms with Gasteiger partial charge in [0.2, 0.25) is 0 Å². The van der Waals surface area contributed by atoms with Crippen LogP contribution in [0.25, 0.3) is 0 Å². The molecule has 0 aliphatic heterocycles. The van der Waals surface area contributed by atoms with E-state index in [0.717, 1.165) is 69.6 Å². The SMILES string of the molecule is CCCCCCCCCCCCCCCCC(=O)O[C@H](COC(=O)CCCCCCCCCCCCCCCCCCCCC(C)CC)COC(=O)CCCCCCCCCCCC(C)C. The number of carbonyl (C=O) groups excluding carboxylic acids is 3. The summed E-state index contributed by atoms with van der Waals surface area (Å²) in [7, 11) is 0. The van der Waals surface area contributed by atoms with Crippen LogP contribution < -0.4 is 0 Å². The Bertz CT molecular complexity index is 1010. The molecule has 0 heterocycles. The number of esters is 3. The molecule has 1 unspecified atom stereocenters. The third-order valence-corrected chi connectivity index (χ3v) is 14.1. The molecule has 0 rings (SSSR count). The van der Waals surface area contributed by atoms with Crippen molar-refractivity contribution in [1.29, 1.82) is 0 Å². The molecule has 392 valence electrons. The van der Waals surface area contributed by atoms with Gasteiger partial charge in [0.1, 0.15) is 13.2 Å². The fraction of sp³-hybridized carbons (Fsp3) is 0.950. The second kappa shape index (κ2) is 52.8. The molecule has 6 nitrogen and oxygen atoms in total. The van der Waals surface area contributed by atoms with E-state index in [9.17, 15) is 14.4 Å². The Morgan fingerprint density at radius 3 is 0.864 bits per heavy atom. The van der Waals surface area contributed by atoms with E-state index in [1.807, 2.05) is 0 Å². The van der Waals surface area contributed by atoms with Crippen molar-refractivity contribution in [3.63, 3.8) is 0 Å². The number of rotatable bonds is 54. The Balaban J connectivity index is 4.22. The van der Waals surface area contributed by atoms with Crippen molar-refractivity contribution in [3.05, 3.63) is 0 Å². The van der Waals surface area contributed by atoms with E-state index < -0.39 is 6.10 Å². The van der Waals surface area contributed by atoms with Gasteiger partial charge in [-0.15, -0.1) is 0 Å². The minimum Gasteiger partial charge on any atom is -0.462 e. The Morgan fingerprint density at radius 2 is 0.576 bits per heavy atom. The highest BCUT2D eigenvalue weighted by Crippen LogP contribution is 2.19. The molecule has 0 bridgehead atoms. The molecular formula is C60H116O6. The van der Waals surface area contributed by atoms with E-state index in [4.69, 9.17) is 14.2 Å². The Kier molecular flexibility index (Phi) is 51.5. The number of hydrogen-bond donors (Lipinski definition) is 0. The van der Waals surface area contributed by atoms with Crippen LogP contribution in [0.1, 0.15) is 336 Å². The Hall–Kier alpha value is -1.59. The molecule has 6 heteroatoms. The largest absolute Gasteiger partial charge is 0.462 e. The summed E-state index contributed by atoms with van der Waals surface area (Å²) in [5, 5.41) is 0. The molecule has 0 amide bonds. The predicted molar refractivity (Wildman–Crippen MR) is 284 cm³/mol. The first-order valence-electron chi connectivity index (χ1n) is 29.8. The monoisotopic (exact) mass is 933 g/mol. The quantitative estimate of drug-likeness (QED) is 0.0343. The maximum absolute atomic E-state index is 12.8. The van der Waals surface area contributed by atoms with Crippen LogP contribution >= 0.6 is 0 Å². The molecule has 2 atom stereocenters. The summed E-state index contributed by atoms with van der Waals surface area (Å²) in [6, 6.07) is 0. The standard InChI is InChI=1S/C60H116O6/c1-6-8-9-10-11-12-13-14-22-26-31-37-42-47-52-60(63)66-57(54-65-59(62)51-46-41-36-32-27-28-33-38-43-48-55(3)4)53-64-58(61)50-45-40-35-30-25-23-20-18-16-15-17-19-21-24-29-34-39-44-49-56(5)7-2/h55-57H,6-54H2,1-5H3/t56?,57-/m1/s1. The summed E-state index contributed by atoms with van der Waals surface area (Å²) < 4.78 is 16.9. The average molecular weight is 934 g/mol. The second-order valence-electron chi connectivity index (χ2n) is 21.4. The lowest BCUT2D eigenvalue weighted by Crippen LogP contribution is -2.30. The topological polar surface area (TPSA) is 78.9 Å². The van der Waals surface area contributed by atoms with Crippen LogP contribution in [-0.4, -0.2) is 37.2 Å². The van der Waals surface area contributed by atoms with E-state index in [-0.39, 0.29) is 31.1 Å². The maximum Gasteiger partial charge on any atom is 0.306 e. The zero-order valence-corrected chi connectivity index (χ0v) is 45.3. The van der Waals surface area contributed by atoms with E-state index in [2.05, 4.69) is 34.6 Å². The van der Waals surface area contributed by atoms with Crippen LogP contribution in [0.3, 0.4) is 0 Å². The van der Waals surface area contributed by atoms with Crippen molar-refractivity contribution in [2.45, 2.75) is 343 Å². The van der Waals surface area contributed by atoms with Crippen LogP contribution in [0.15, 0.2) is 0 Å². The maximum atomic E-state index is 12.8. The minimum absolute atomic E-state index is 0.0627. The highest BCUT2D eigenvalue weighted by atomic mass is 16.6. The summed E-state index contributed by atoms with van der Waals surface area (Å²) >= 11 is 0. The molecule has 0 aliphatic carbocycles. The fourth-order valence-electron chi connectivity index (χ4n) is 9.20. The second-order valence-corrected chi connectivity index (χ2v) is 21.4. The van der Waals surface area contributed by atoms with Crippen molar-refractivity contribution >= 4 is 17.9 Å². The summed E-state index contributed by atoms with van der Waals surface area (Å²) in [4.78, 5) is 38.1. The normalized spacial score (nSPS) is 12.5. The van der Waals surface area contributed by atoms with Crippen LogP contribution in [-0.2, 0) is 28.6 Å². The molecule has 0 spiro atoms. The fourth-order valence-corrected chi connectivity index (χ4v) is 9.20. The van der Waals surface area contributed by atoms with Crippen LogP contribution in [0.2, 0.25) is 0 Å². The zero-order chi connectivity index (χ0) is 48.2. The molecule has 0 N–H and O–H groups in total. The first-order chi connectivity index (χ1) is 32.3. The highest BCUT2D eigenvalue weighted by Gasteiger charge is 2.19. The third-order valence-electron chi connectivity index (χ3n) is 14.1. The minimum atomic E-state index is -0.762. The number of hydrogen-bond acceptors (Lipinski definition) is 6. The molecule has 0 aliphatic rings. The van der Waals surface area contributed by atoms with Gasteiger partial charge < -0.3 is 14.2 Å². The number of carbonyl (C=O) groups is 3. The molecule has 0 aromatic heterocycles.